The Morgan fingerprint density at radius 1 is 1.50 bits per heavy atom. The zero-order valence-electron chi connectivity index (χ0n) is 16.8. The summed E-state index contributed by atoms with van der Waals surface area (Å²) in [6.07, 6.45) is 2.72. The monoisotopic (exact) mass is 434 g/mol. The van der Waals surface area contributed by atoms with E-state index in [9.17, 15) is 20.0 Å². The van der Waals surface area contributed by atoms with Gasteiger partial charge in [-0.05, 0) is 24.8 Å². The normalized spacial score (nSPS) is 34.3. The minimum absolute atomic E-state index is 0.0922. The van der Waals surface area contributed by atoms with Crippen LogP contribution in [0.5, 0.6) is 0 Å². The number of nitrogens with one attached hydrogen (secondary N) is 1. The van der Waals surface area contributed by atoms with Crippen molar-refractivity contribution in [2.24, 2.45) is 22.1 Å². The number of aliphatic hydroxyl groups excluding tert-OH is 1. The SMILES string of the molecule is COC1CN=C(NC(=O)N2CC3(CCN(C(O)C(N)=O)C3)C3=CC(C#N)CC[C@@H]32)S1. The number of urea groups is 1. The summed E-state index contributed by atoms with van der Waals surface area (Å²) in [6, 6.07) is 1.99. The van der Waals surface area contributed by atoms with Crippen LogP contribution in [0.1, 0.15) is 19.3 Å². The number of carbonyl (C=O) groups excluding carboxylic acids is 2. The number of nitriles is 1. The highest BCUT2D eigenvalue weighted by atomic mass is 32.2. The number of amides is 3. The molecule has 3 amide bonds. The van der Waals surface area contributed by atoms with Crippen molar-refractivity contribution in [3.8, 4) is 6.07 Å². The number of aliphatic imine (C=N–C) groups is 1. The molecule has 3 heterocycles. The lowest BCUT2D eigenvalue weighted by Gasteiger charge is -2.30. The van der Waals surface area contributed by atoms with E-state index in [-0.39, 0.29) is 23.4 Å². The van der Waals surface area contributed by atoms with Crippen LogP contribution in [-0.2, 0) is 9.53 Å². The van der Waals surface area contributed by atoms with Crippen LogP contribution in [0.25, 0.3) is 0 Å². The summed E-state index contributed by atoms with van der Waals surface area (Å²) in [6.45, 7) is 1.88. The Labute approximate surface area is 179 Å². The van der Waals surface area contributed by atoms with Gasteiger partial charge < -0.3 is 20.5 Å². The lowest BCUT2D eigenvalue weighted by Crippen LogP contribution is -2.46. The number of carbonyl (C=O) groups is 2. The van der Waals surface area contributed by atoms with Gasteiger partial charge in [0.1, 0.15) is 5.44 Å². The van der Waals surface area contributed by atoms with Crippen molar-refractivity contribution in [3.05, 3.63) is 11.6 Å². The molecule has 2 fully saturated rings. The summed E-state index contributed by atoms with van der Waals surface area (Å²) in [5.74, 6) is -0.976. The van der Waals surface area contributed by atoms with Crippen LogP contribution >= 0.6 is 11.8 Å². The Bertz CT molecular complexity index is 841. The van der Waals surface area contributed by atoms with Gasteiger partial charge in [0.05, 0.1) is 24.6 Å². The smallest absolute Gasteiger partial charge is 0.323 e. The van der Waals surface area contributed by atoms with E-state index in [0.29, 0.717) is 50.6 Å². The number of aliphatic hydroxyl groups is 1. The zero-order valence-corrected chi connectivity index (χ0v) is 17.6. The van der Waals surface area contributed by atoms with Crippen LogP contribution in [0.15, 0.2) is 16.6 Å². The number of hydrogen-bond acceptors (Lipinski definition) is 8. The van der Waals surface area contributed by atoms with Crippen molar-refractivity contribution >= 4 is 28.9 Å². The molecule has 4 unspecified atom stereocenters. The predicted molar refractivity (Wildman–Crippen MR) is 110 cm³/mol. The molecule has 10 nitrogen and oxygen atoms in total. The fourth-order valence-electron chi connectivity index (χ4n) is 4.97. The van der Waals surface area contributed by atoms with Crippen LogP contribution in [0, 0.1) is 22.7 Å². The number of hydrogen-bond donors (Lipinski definition) is 3. The molecule has 0 radical (unpaired) electrons. The molecule has 5 atom stereocenters. The van der Waals surface area contributed by atoms with Crippen LogP contribution in [0.4, 0.5) is 4.79 Å². The van der Waals surface area contributed by atoms with E-state index in [2.05, 4.69) is 16.4 Å². The van der Waals surface area contributed by atoms with Crippen molar-refractivity contribution in [2.75, 3.05) is 33.3 Å². The molecule has 0 aromatic heterocycles. The van der Waals surface area contributed by atoms with Crippen LogP contribution in [-0.4, -0.2) is 83.0 Å². The van der Waals surface area contributed by atoms with Crippen molar-refractivity contribution < 1.29 is 19.4 Å². The summed E-state index contributed by atoms with van der Waals surface area (Å²) < 4.78 is 5.26. The van der Waals surface area contributed by atoms with Gasteiger partial charge in [0.2, 0.25) is 0 Å². The van der Waals surface area contributed by atoms with Crippen molar-refractivity contribution in [2.45, 2.75) is 37.0 Å². The molecule has 11 heteroatoms. The molecule has 3 aliphatic heterocycles. The first-order valence-corrected chi connectivity index (χ1v) is 10.9. The molecular formula is C19H26N6O4S. The second kappa shape index (κ2) is 8.19. The Morgan fingerprint density at radius 2 is 2.30 bits per heavy atom. The quantitative estimate of drug-likeness (QED) is 0.522. The van der Waals surface area contributed by atoms with E-state index in [1.807, 2.05) is 11.0 Å². The summed E-state index contributed by atoms with van der Waals surface area (Å²) in [7, 11) is 1.61. The molecule has 0 aromatic carbocycles. The molecule has 0 bridgehead atoms. The van der Waals surface area contributed by atoms with Gasteiger partial charge in [0.25, 0.3) is 5.91 Å². The molecule has 1 spiro atoms. The minimum atomic E-state index is -1.35. The van der Waals surface area contributed by atoms with E-state index in [0.717, 1.165) is 5.57 Å². The number of methoxy groups -OCH3 is 1. The molecular weight excluding hydrogens is 408 g/mol. The minimum Gasteiger partial charge on any atom is -0.370 e. The first-order chi connectivity index (χ1) is 14.4. The number of nitrogens with two attached hydrogens (primary N) is 1. The second-order valence-electron chi connectivity index (χ2n) is 8.21. The first kappa shape index (κ1) is 21.1. The van der Waals surface area contributed by atoms with E-state index in [1.54, 1.807) is 12.0 Å². The average Bonchev–Trinajstić information content (AvgIpc) is 3.45. The average molecular weight is 435 g/mol. The molecule has 162 valence electrons. The molecule has 0 aromatic rings. The molecule has 30 heavy (non-hydrogen) atoms. The zero-order chi connectivity index (χ0) is 21.5. The highest BCUT2D eigenvalue weighted by Gasteiger charge is 2.55. The lowest BCUT2D eigenvalue weighted by molar-refractivity contribution is -0.135. The molecule has 4 aliphatic rings. The Balaban J connectivity index is 1.55. The number of ether oxygens (including phenoxy) is 1. The maximum Gasteiger partial charge on any atom is 0.323 e. The Hall–Kier alpha value is -2.13. The number of thioether (sulfide) groups is 1. The third kappa shape index (κ3) is 3.69. The second-order valence-corrected chi connectivity index (χ2v) is 9.36. The van der Waals surface area contributed by atoms with Gasteiger partial charge in [-0.1, -0.05) is 17.8 Å². The van der Waals surface area contributed by atoms with Crippen molar-refractivity contribution in [1.82, 2.24) is 15.1 Å². The maximum atomic E-state index is 13.1. The van der Waals surface area contributed by atoms with Crippen LogP contribution < -0.4 is 11.1 Å². The first-order valence-electron chi connectivity index (χ1n) is 10.0. The van der Waals surface area contributed by atoms with Gasteiger partial charge in [0, 0.05) is 32.2 Å². The largest absolute Gasteiger partial charge is 0.370 e. The third-order valence-corrected chi connectivity index (χ3v) is 7.53. The summed E-state index contributed by atoms with van der Waals surface area (Å²) in [5.41, 5.74) is 5.85. The molecule has 4 N–H and O–H groups in total. The lowest BCUT2D eigenvalue weighted by atomic mass is 9.74. The highest BCUT2D eigenvalue weighted by Crippen LogP contribution is 2.50. The van der Waals surface area contributed by atoms with E-state index in [1.165, 1.54) is 11.8 Å². The summed E-state index contributed by atoms with van der Waals surface area (Å²) in [5, 5.41) is 23.0. The summed E-state index contributed by atoms with van der Waals surface area (Å²) in [4.78, 5) is 32.4. The number of rotatable bonds is 3. The van der Waals surface area contributed by atoms with E-state index >= 15 is 0 Å². The predicted octanol–water partition coefficient (Wildman–Crippen LogP) is -0.189. The fourth-order valence-corrected chi connectivity index (χ4v) is 5.76. The van der Waals surface area contributed by atoms with Crippen molar-refractivity contribution in [3.63, 3.8) is 0 Å². The van der Waals surface area contributed by atoms with Gasteiger partial charge in [-0.15, -0.1) is 0 Å². The van der Waals surface area contributed by atoms with E-state index < -0.39 is 17.6 Å². The molecule has 4 rings (SSSR count). The molecule has 1 aliphatic carbocycles. The van der Waals surface area contributed by atoms with Crippen molar-refractivity contribution in [1.29, 1.82) is 5.26 Å². The van der Waals surface area contributed by atoms with E-state index in [4.69, 9.17) is 10.5 Å². The third-order valence-electron chi connectivity index (χ3n) is 6.47. The number of allylic oxidation sites excluding steroid dienone is 1. The Kier molecular flexibility index (Phi) is 5.76. The number of fused-ring (bicyclic) bond motifs is 2. The number of amidine groups is 1. The van der Waals surface area contributed by atoms with Crippen LogP contribution in [0.3, 0.4) is 0 Å². The number of likely N-dealkylation sites (tertiary alicyclic amines) is 2. The van der Waals surface area contributed by atoms with Gasteiger partial charge in [0.15, 0.2) is 11.4 Å². The van der Waals surface area contributed by atoms with Gasteiger partial charge in [-0.2, -0.15) is 5.26 Å². The number of nitrogens with zero attached hydrogens (tertiary/aromatic N) is 4. The summed E-state index contributed by atoms with van der Waals surface area (Å²) >= 11 is 1.38. The van der Waals surface area contributed by atoms with Gasteiger partial charge in [-0.3, -0.25) is 20.0 Å². The fraction of sp³-hybridized carbons (Fsp3) is 0.684. The topological polar surface area (TPSA) is 144 Å². The highest BCUT2D eigenvalue weighted by molar-refractivity contribution is 8.14. The standard InChI is InChI=1S/C19H26N6O4S/c1-29-14-8-22-17(30-14)23-18(28)25-10-19(4-5-24(9-19)16(27)15(21)26)12-6-11(7-20)2-3-13(12)25/h6,11,13-14,16,27H,2-5,8-10H2,1H3,(H2,21,26)(H,22,23,28)/t11?,13-,14?,16?,19?/m0/s1. The number of primary amides is 1. The molecule has 2 saturated heterocycles. The van der Waals surface area contributed by atoms with Crippen LogP contribution in [0.2, 0.25) is 0 Å². The van der Waals surface area contributed by atoms with Gasteiger partial charge >= 0.3 is 6.03 Å². The Morgan fingerprint density at radius 3 is 2.97 bits per heavy atom. The maximum absolute atomic E-state index is 13.1. The van der Waals surface area contributed by atoms with Gasteiger partial charge in [-0.25, -0.2) is 4.79 Å². The molecule has 0 saturated carbocycles.